The van der Waals surface area contributed by atoms with Crippen LogP contribution in [-0.4, -0.2) is 42.7 Å². The predicted molar refractivity (Wildman–Crippen MR) is 78.8 cm³/mol. The van der Waals surface area contributed by atoms with Crippen molar-refractivity contribution in [3.8, 4) is 0 Å². The SMILES string of the molecule is O=C(NCC1(CCO)CCCCC1)OCCCCO[N+](=O)[O-]. The average molecular weight is 318 g/mol. The summed E-state index contributed by atoms with van der Waals surface area (Å²) in [7, 11) is 0. The molecule has 1 saturated carbocycles. The molecule has 8 nitrogen and oxygen atoms in total. The number of hydrogen-bond acceptors (Lipinski definition) is 6. The van der Waals surface area contributed by atoms with Crippen LogP contribution < -0.4 is 5.32 Å². The van der Waals surface area contributed by atoms with Crippen LogP contribution in [0.4, 0.5) is 4.79 Å². The van der Waals surface area contributed by atoms with E-state index in [1.54, 1.807) is 0 Å². The molecule has 0 aromatic carbocycles. The van der Waals surface area contributed by atoms with Gasteiger partial charge in [0.2, 0.25) is 0 Å². The standard InChI is InChI=1S/C14H26N2O6/c17-9-8-14(6-2-1-3-7-14)12-15-13(18)21-10-4-5-11-22-16(19)20/h17H,1-12H2,(H,15,18). The summed E-state index contributed by atoms with van der Waals surface area (Å²) >= 11 is 0. The van der Waals surface area contributed by atoms with E-state index < -0.39 is 11.2 Å². The number of alkyl carbamates (subject to hydrolysis) is 1. The number of nitrogens with zero attached hydrogens (tertiary/aromatic N) is 1. The van der Waals surface area contributed by atoms with E-state index >= 15 is 0 Å². The van der Waals surface area contributed by atoms with Gasteiger partial charge in [0.25, 0.3) is 5.09 Å². The molecule has 1 fully saturated rings. The molecule has 128 valence electrons. The molecule has 0 bridgehead atoms. The topological polar surface area (TPSA) is 111 Å². The molecule has 0 aliphatic heterocycles. The second kappa shape index (κ2) is 10.2. The van der Waals surface area contributed by atoms with Crippen molar-refractivity contribution in [2.24, 2.45) is 5.41 Å². The summed E-state index contributed by atoms with van der Waals surface area (Å²) in [6.07, 6.45) is 6.72. The van der Waals surface area contributed by atoms with Crippen LogP contribution in [0.3, 0.4) is 0 Å². The number of aliphatic hydroxyl groups is 1. The Morgan fingerprint density at radius 3 is 2.55 bits per heavy atom. The van der Waals surface area contributed by atoms with Crippen molar-refractivity contribution in [2.75, 3.05) is 26.4 Å². The predicted octanol–water partition coefficient (Wildman–Crippen LogP) is 2.03. The number of nitrogens with one attached hydrogen (secondary N) is 1. The number of unbranched alkanes of at least 4 members (excludes halogenated alkanes) is 1. The van der Waals surface area contributed by atoms with E-state index in [1.807, 2.05) is 0 Å². The van der Waals surface area contributed by atoms with E-state index in [0.29, 0.717) is 25.8 Å². The third-order valence-corrected chi connectivity index (χ3v) is 4.13. The highest BCUT2D eigenvalue weighted by molar-refractivity contribution is 5.67. The van der Waals surface area contributed by atoms with Crippen LogP contribution in [0.15, 0.2) is 0 Å². The van der Waals surface area contributed by atoms with Crippen molar-refractivity contribution in [1.29, 1.82) is 0 Å². The molecule has 1 amide bonds. The van der Waals surface area contributed by atoms with Gasteiger partial charge in [0.1, 0.15) is 0 Å². The number of carbonyl (C=O) groups is 1. The van der Waals surface area contributed by atoms with Gasteiger partial charge >= 0.3 is 6.09 Å². The van der Waals surface area contributed by atoms with Gasteiger partial charge in [-0.1, -0.05) is 19.3 Å². The minimum Gasteiger partial charge on any atom is -0.450 e. The molecular weight excluding hydrogens is 292 g/mol. The Morgan fingerprint density at radius 2 is 1.91 bits per heavy atom. The minimum absolute atomic E-state index is 0.00836. The normalized spacial score (nSPS) is 16.8. The van der Waals surface area contributed by atoms with Crippen LogP contribution >= 0.6 is 0 Å². The van der Waals surface area contributed by atoms with Crippen LogP contribution in [0.1, 0.15) is 51.4 Å². The average Bonchev–Trinajstić information content (AvgIpc) is 2.50. The van der Waals surface area contributed by atoms with Gasteiger partial charge in [-0.2, -0.15) is 0 Å². The maximum atomic E-state index is 11.6. The molecule has 0 atom stereocenters. The molecule has 1 aliphatic rings. The third kappa shape index (κ3) is 7.44. The molecule has 0 saturated heterocycles. The van der Waals surface area contributed by atoms with Gasteiger partial charge in [0, 0.05) is 13.2 Å². The highest BCUT2D eigenvalue weighted by Gasteiger charge is 2.31. The molecule has 1 aliphatic carbocycles. The highest BCUT2D eigenvalue weighted by Crippen LogP contribution is 2.38. The zero-order valence-electron chi connectivity index (χ0n) is 12.9. The summed E-state index contributed by atoms with van der Waals surface area (Å²) in [6.45, 7) is 0.876. The number of carbonyl (C=O) groups excluding carboxylic acids is 1. The molecule has 0 radical (unpaired) electrons. The maximum Gasteiger partial charge on any atom is 0.407 e. The Kier molecular flexibility index (Phi) is 8.57. The van der Waals surface area contributed by atoms with E-state index in [4.69, 9.17) is 4.74 Å². The molecule has 0 aromatic rings. The van der Waals surface area contributed by atoms with Crippen LogP contribution in [-0.2, 0) is 9.57 Å². The smallest absolute Gasteiger partial charge is 0.407 e. The molecule has 8 heteroatoms. The van der Waals surface area contributed by atoms with Gasteiger partial charge in [0.05, 0.1) is 13.2 Å². The van der Waals surface area contributed by atoms with E-state index in [-0.39, 0.29) is 25.2 Å². The fourth-order valence-electron chi connectivity index (χ4n) is 2.87. The Balaban J connectivity index is 2.14. The molecular formula is C14H26N2O6. The van der Waals surface area contributed by atoms with Crippen LogP contribution in [0, 0.1) is 15.5 Å². The molecule has 0 spiro atoms. The van der Waals surface area contributed by atoms with Crippen molar-refractivity contribution < 1.29 is 24.6 Å². The third-order valence-electron chi connectivity index (χ3n) is 4.13. The quantitative estimate of drug-likeness (QED) is 0.362. The first-order valence-corrected chi connectivity index (χ1v) is 7.87. The second-order valence-electron chi connectivity index (χ2n) is 5.79. The van der Waals surface area contributed by atoms with Crippen molar-refractivity contribution >= 4 is 6.09 Å². The number of amides is 1. The first-order valence-electron chi connectivity index (χ1n) is 7.87. The van der Waals surface area contributed by atoms with Crippen molar-refractivity contribution in [2.45, 2.75) is 51.4 Å². The van der Waals surface area contributed by atoms with Crippen molar-refractivity contribution in [1.82, 2.24) is 5.32 Å². The van der Waals surface area contributed by atoms with E-state index in [9.17, 15) is 20.0 Å². The largest absolute Gasteiger partial charge is 0.450 e. The number of aliphatic hydroxyl groups excluding tert-OH is 1. The summed E-state index contributed by atoms with van der Waals surface area (Å²) in [5, 5.41) is 21.1. The first kappa shape index (κ1) is 18.5. The summed E-state index contributed by atoms with van der Waals surface area (Å²) in [4.78, 5) is 25.7. The summed E-state index contributed by atoms with van der Waals surface area (Å²) in [5.74, 6) is 0. The number of rotatable bonds is 10. The Bertz CT molecular complexity index is 339. The first-order chi connectivity index (χ1) is 10.6. The lowest BCUT2D eigenvalue weighted by molar-refractivity contribution is -0.757. The fourth-order valence-corrected chi connectivity index (χ4v) is 2.87. The maximum absolute atomic E-state index is 11.6. The van der Waals surface area contributed by atoms with Gasteiger partial charge in [-0.15, -0.1) is 10.1 Å². The van der Waals surface area contributed by atoms with Gasteiger partial charge < -0.3 is 20.0 Å². The number of ether oxygens (including phenoxy) is 1. The lowest BCUT2D eigenvalue weighted by atomic mass is 9.72. The monoisotopic (exact) mass is 318 g/mol. The Morgan fingerprint density at radius 1 is 1.23 bits per heavy atom. The van der Waals surface area contributed by atoms with Gasteiger partial charge in [-0.25, -0.2) is 4.79 Å². The van der Waals surface area contributed by atoms with Crippen LogP contribution in [0.2, 0.25) is 0 Å². The van der Waals surface area contributed by atoms with Crippen LogP contribution in [0.25, 0.3) is 0 Å². The van der Waals surface area contributed by atoms with Crippen molar-refractivity contribution in [3.63, 3.8) is 0 Å². The van der Waals surface area contributed by atoms with E-state index in [0.717, 1.165) is 25.7 Å². The number of hydrogen-bond donors (Lipinski definition) is 2. The second-order valence-corrected chi connectivity index (χ2v) is 5.79. The van der Waals surface area contributed by atoms with Crippen molar-refractivity contribution in [3.05, 3.63) is 10.1 Å². The molecule has 1 rings (SSSR count). The zero-order valence-corrected chi connectivity index (χ0v) is 12.9. The zero-order chi connectivity index (χ0) is 16.3. The molecule has 22 heavy (non-hydrogen) atoms. The summed E-state index contributed by atoms with van der Waals surface area (Å²) in [5.41, 5.74) is -0.00836. The lowest BCUT2D eigenvalue weighted by Crippen LogP contribution is -2.40. The van der Waals surface area contributed by atoms with Crippen LogP contribution in [0.5, 0.6) is 0 Å². The summed E-state index contributed by atoms with van der Waals surface area (Å²) < 4.78 is 5.03. The van der Waals surface area contributed by atoms with E-state index in [2.05, 4.69) is 10.2 Å². The Hall–Kier alpha value is -1.57. The van der Waals surface area contributed by atoms with Gasteiger partial charge in [0.15, 0.2) is 0 Å². The molecule has 0 unspecified atom stereocenters. The molecule has 0 heterocycles. The van der Waals surface area contributed by atoms with Gasteiger partial charge in [-0.3, -0.25) is 0 Å². The molecule has 0 aromatic heterocycles. The highest BCUT2D eigenvalue weighted by atomic mass is 16.9. The Labute approximate surface area is 130 Å². The fraction of sp³-hybridized carbons (Fsp3) is 0.929. The minimum atomic E-state index is -0.835. The van der Waals surface area contributed by atoms with E-state index in [1.165, 1.54) is 6.42 Å². The lowest BCUT2D eigenvalue weighted by Gasteiger charge is -2.37. The summed E-state index contributed by atoms with van der Waals surface area (Å²) in [6, 6.07) is 0. The molecule has 2 N–H and O–H groups in total. The van der Waals surface area contributed by atoms with Gasteiger partial charge in [-0.05, 0) is 37.5 Å².